The van der Waals surface area contributed by atoms with Crippen molar-refractivity contribution in [1.29, 1.82) is 0 Å². The molecule has 2 rings (SSSR count). The fourth-order valence-electron chi connectivity index (χ4n) is 2.56. The number of carbonyl (C=O) groups excluding carboxylic acids is 1. The van der Waals surface area contributed by atoms with Gasteiger partial charge in [0, 0.05) is 12.2 Å². The quantitative estimate of drug-likeness (QED) is 0.901. The summed E-state index contributed by atoms with van der Waals surface area (Å²) in [6.45, 7) is 11.4. The van der Waals surface area contributed by atoms with Crippen LogP contribution in [0.1, 0.15) is 45.7 Å². The normalized spacial score (nSPS) is 16.4. The monoisotopic (exact) mass is 274 g/mol. The minimum absolute atomic E-state index is 0.0438. The second-order valence-corrected chi connectivity index (χ2v) is 7.10. The van der Waals surface area contributed by atoms with E-state index in [0.717, 1.165) is 18.7 Å². The zero-order valence-electron chi connectivity index (χ0n) is 13.2. The molecule has 0 saturated carbocycles. The van der Waals surface area contributed by atoms with Crippen LogP contribution in [0.5, 0.6) is 0 Å². The van der Waals surface area contributed by atoms with Crippen molar-refractivity contribution in [2.75, 3.05) is 11.4 Å². The highest BCUT2D eigenvalue weighted by Crippen LogP contribution is 2.33. The molecule has 1 aliphatic rings. The fourth-order valence-corrected chi connectivity index (χ4v) is 2.56. The van der Waals surface area contributed by atoms with Crippen LogP contribution in [0.3, 0.4) is 0 Å². The first-order chi connectivity index (χ1) is 9.21. The van der Waals surface area contributed by atoms with Gasteiger partial charge in [-0.1, -0.05) is 46.8 Å². The molecule has 0 radical (unpaired) electrons. The fraction of sp³-hybridized carbons (Fsp3) is 0.588. The van der Waals surface area contributed by atoms with Gasteiger partial charge in [-0.2, -0.15) is 0 Å². The van der Waals surface area contributed by atoms with Crippen LogP contribution in [0.25, 0.3) is 0 Å². The molecule has 1 aromatic carbocycles. The van der Waals surface area contributed by atoms with E-state index in [9.17, 15) is 4.79 Å². The largest absolute Gasteiger partial charge is 0.320 e. The number of fused-ring (bicyclic) bond motifs is 1. The molecule has 0 spiro atoms. The SMILES string of the molecule is CC(C)[C@H](N)C(=O)N1CCc2cc(C(C)(C)C)ccc21. The Morgan fingerprint density at radius 1 is 1.30 bits per heavy atom. The Balaban J connectivity index is 2.28. The van der Waals surface area contributed by atoms with Gasteiger partial charge in [-0.05, 0) is 34.9 Å². The lowest BCUT2D eigenvalue weighted by atomic mass is 9.86. The number of rotatable bonds is 2. The van der Waals surface area contributed by atoms with E-state index in [0.29, 0.717) is 0 Å². The topological polar surface area (TPSA) is 46.3 Å². The molecule has 0 unspecified atom stereocenters. The Labute approximate surface area is 122 Å². The lowest BCUT2D eigenvalue weighted by molar-refractivity contribution is -0.120. The van der Waals surface area contributed by atoms with Crippen molar-refractivity contribution in [3.8, 4) is 0 Å². The highest BCUT2D eigenvalue weighted by atomic mass is 16.2. The van der Waals surface area contributed by atoms with Gasteiger partial charge < -0.3 is 10.6 Å². The summed E-state index contributed by atoms with van der Waals surface area (Å²) in [5.74, 6) is 0.211. The molecule has 0 aromatic heterocycles. The van der Waals surface area contributed by atoms with Crippen molar-refractivity contribution in [3.63, 3.8) is 0 Å². The Hall–Kier alpha value is -1.35. The molecule has 110 valence electrons. The Morgan fingerprint density at radius 3 is 2.50 bits per heavy atom. The second kappa shape index (κ2) is 5.21. The van der Waals surface area contributed by atoms with Gasteiger partial charge >= 0.3 is 0 Å². The van der Waals surface area contributed by atoms with Crippen LogP contribution >= 0.6 is 0 Å². The van der Waals surface area contributed by atoms with Crippen molar-refractivity contribution in [3.05, 3.63) is 29.3 Å². The number of hydrogen-bond donors (Lipinski definition) is 1. The summed E-state index contributed by atoms with van der Waals surface area (Å²) in [6, 6.07) is 6.03. The van der Waals surface area contributed by atoms with E-state index in [4.69, 9.17) is 5.73 Å². The first-order valence-corrected chi connectivity index (χ1v) is 7.42. The van der Waals surface area contributed by atoms with Gasteiger partial charge in [0.15, 0.2) is 0 Å². The molecule has 1 amide bonds. The van der Waals surface area contributed by atoms with Crippen LogP contribution in [0.15, 0.2) is 18.2 Å². The maximum atomic E-state index is 12.4. The summed E-state index contributed by atoms with van der Waals surface area (Å²) in [6.07, 6.45) is 0.926. The number of carbonyl (C=O) groups is 1. The molecule has 20 heavy (non-hydrogen) atoms. The third kappa shape index (κ3) is 2.73. The summed E-state index contributed by atoms with van der Waals surface area (Å²) in [4.78, 5) is 14.3. The summed E-state index contributed by atoms with van der Waals surface area (Å²) >= 11 is 0. The van der Waals surface area contributed by atoms with E-state index >= 15 is 0 Å². The van der Waals surface area contributed by atoms with E-state index in [-0.39, 0.29) is 17.2 Å². The number of nitrogens with zero attached hydrogens (tertiary/aromatic N) is 1. The van der Waals surface area contributed by atoms with Crippen molar-refractivity contribution in [2.45, 2.75) is 52.5 Å². The summed E-state index contributed by atoms with van der Waals surface area (Å²) < 4.78 is 0. The molecule has 1 aliphatic heterocycles. The number of benzene rings is 1. The lowest BCUT2D eigenvalue weighted by Crippen LogP contribution is -2.46. The molecule has 1 atom stereocenters. The second-order valence-electron chi connectivity index (χ2n) is 7.10. The Morgan fingerprint density at radius 2 is 1.95 bits per heavy atom. The van der Waals surface area contributed by atoms with Gasteiger partial charge in [0.1, 0.15) is 0 Å². The number of anilines is 1. The first-order valence-electron chi connectivity index (χ1n) is 7.42. The number of hydrogen-bond acceptors (Lipinski definition) is 2. The third-order valence-corrected chi connectivity index (χ3v) is 4.11. The average molecular weight is 274 g/mol. The van der Waals surface area contributed by atoms with Crippen LogP contribution in [0.2, 0.25) is 0 Å². The van der Waals surface area contributed by atoms with E-state index in [1.807, 2.05) is 18.7 Å². The van der Waals surface area contributed by atoms with Crippen molar-refractivity contribution in [2.24, 2.45) is 11.7 Å². The van der Waals surface area contributed by atoms with Gasteiger partial charge in [0.2, 0.25) is 5.91 Å². The molecule has 1 aromatic rings. The summed E-state index contributed by atoms with van der Waals surface area (Å²) in [5.41, 5.74) is 9.77. The Kier molecular flexibility index (Phi) is 3.92. The van der Waals surface area contributed by atoms with Gasteiger partial charge in [-0.15, -0.1) is 0 Å². The Bertz CT molecular complexity index is 514. The van der Waals surface area contributed by atoms with E-state index in [2.05, 4.69) is 39.0 Å². The zero-order chi connectivity index (χ0) is 15.1. The van der Waals surface area contributed by atoms with Crippen LogP contribution < -0.4 is 10.6 Å². The molecule has 0 fully saturated rings. The first kappa shape index (κ1) is 15.0. The standard InChI is InChI=1S/C17H26N2O/c1-11(2)15(18)16(20)19-9-8-12-10-13(17(3,4)5)6-7-14(12)19/h6-7,10-11,15H,8-9,18H2,1-5H3/t15-/m0/s1. The minimum Gasteiger partial charge on any atom is -0.320 e. The van der Waals surface area contributed by atoms with Gasteiger partial charge in [0.25, 0.3) is 0 Å². The highest BCUT2D eigenvalue weighted by molar-refractivity contribution is 5.99. The van der Waals surface area contributed by atoms with Crippen LogP contribution in [-0.2, 0) is 16.6 Å². The van der Waals surface area contributed by atoms with E-state index in [1.54, 1.807) is 0 Å². The molecule has 3 nitrogen and oxygen atoms in total. The average Bonchev–Trinajstić information content (AvgIpc) is 2.78. The molecule has 0 saturated heterocycles. The predicted octanol–water partition coefficient (Wildman–Crippen LogP) is 2.86. The van der Waals surface area contributed by atoms with Crippen LogP contribution in [-0.4, -0.2) is 18.5 Å². The maximum absolute atomic E-state index is 12.4. The molecule has 3 heteroatoms. The molecular formula is C17H26N2O. The minimum atomic E-state index is -0.414. The van der Waals surface area contributed by atoms with Crippen LogP contribution in [0.4, 0.5) is 5.69 Å². The van der Waals surface area contributed by atoms with Gasteiger partial charge in [0.05, 0.1) is 6.04 Å². The van der Waals surface area contributed by atoms with Gasteiger partial charge in [-0.3, -0.25) is 4.79 Å². The molecule has 0 bridgehead atoms. The van der Waals surface area contributed by atoms with Crippen LogP contribution in [0, 0.1) is 5.92 Å². The summed E-state index contributed by atoms with van der Waals surface area (Å²) in [5, 5.41) is 0. The third-order valence-electron chi connectivity index (χ3n) is 4.11. The smallest absolute Gasteiger partial charge is 0.244 e. The van der Waals surface area contributed by atoms with Crippen molar-refractivity contribution in [1.82, 2.24) is 0 Å². The molecule has 1 heterocycles. The zero-order valence-corrected chi connectivity index (χ0v) is 13.2. The lowest BCUT2D eigenvalue weighted by Gasteiger charge is -2.24. The summed E-state index contributed by atoms with van der Waals surface area (Å²) in [7, 11) is 0. The van der Waals surface area contributed by atoms with E-state index in [1.165, 1.54) is 11.1 Å². The maximum Gasteiger partial charge on any atom is 0.244 e. The number of amides is 1. The van der Waals surface area contributed by atoms with Gasteiger partial charge in [-0.25, -0.2) is 0 Å². The van der Waals surface area contributed by atoms with Crippen molar-refractivity contribution < 1.29 is 4.79 Å². The predicted molar refractivity (Wildman–Crippen MR) is 84.0 cm³/mol. The molecule has 2 N–H and O–H groups in total. The molecule has 0 aliphatic carbocycles. The highest BCUT2D eigenvalue weighted by Gasteiger charge is 2.30. The van der Waals surface area contributed by atoms with E-state index < -0.39 is 6.04 Å². The number of nitrogens with two attached hydrogens (primary N) is 1. The van der Waals surface area contributed by atoms with Crippen molar-refractivity contribution >= 4 is 11.6 Å². The molecular weight excluding hydrogens is 248 g/mol.